The summed E-state index contributed by atoms with van der Waals surface area (Å²) in [4.78, 5) is 28.2. The minimum atomic E-state index is -0.669. The summed E-state index contributed by atoms with van der Waals surface area (Å²) in [5.74, 6) is -1.62. The third-order valence-corrected chi connectivity index (χ3v) is 5.96. The highest BCUT2D eigenvalue weighted by Gasteiger charge is 2.35. The largest absolute Gasteiger partial charge is 0.363 e. The molecule has 1 fully saturated rings. The molecule has 0 saturated carbocycles. The summed E-state index contributed by atoms with van der Waals surface area (Å²) in [5.41, 5.74) is 2.80. The monoisotopic (exact) mass is 437 g/mol. The third kappa shape index (κ3) is 3.68. The summed E-state index contributed by atoms with van der Waals surface area (Å²) >= 11 is 0. The Morgan fingerprint density at radius 3 is 2.50 bits per heavy atom. The number of nitrogens with one attached hydrogen (secondary N) is 1. The lowest BCUT2D eigenvalue weighted by Gasteiger charge is -2.42. The van der Waals surface area contributed by atoms with Crippen LogP contribution in [0.5, 0.6) is 0 Å². The Labute approximate surface area is 186 Å². The number of halogens is 2. The first kappa shape index (κ1) is 21.7. The van der Waals surface area contributed by atoms with Gasteiger partial charge in [0.25, 0.3) is 5.91 Å². The van der Waals surface area contributed by atoms with Gasteiger partial charge in [0.15, 0.2) is 0 Å². The molecule has 1 N–H and O–H groups in total. The molecule has 0 aromatic heterocycles. The summed E-state index contributed by atoms with van der Waals surface area (Å²) in [7, 11) is 0. The molecule has 2 aliphatic heterocycles. The topological polar surface area (TPSA) is 52.7 Å². The number of carbonyl (C=O) groups is 2. The van der Waals surface area contributed by atoms with Crippen LogP contribution in [0.25, 0.3) is 11.6 Å². The Hall–Kier alpha value is -3.48. The zero-order valence-electron chi connectivity index (χ0n) is 18.5. The molecule has 4 rings (SSSR count). The fourth-order valence-corrected chi connectivity index (χ4v) is 4.47. The van der Waals surface area contributed by atoms with E-state index in [-0.39, 0.29) is 28.9 Å². The predicted molar refractivity (Wildman–Crippen MR) is 121 cm³/mol. The van der Waals surface area contributed by atoms with E-state index in [1.54, 1.807) is 12.1 Å². The second kappa shape index (κ2) is 7.89. The maximum atomic E-state index is 15.1. The Morgan fingerprint density at radius 1 is 1.09 bits per heavy atom. The SMILES string of the molecule is CCN1c2cc(F)c(/C=C3/NC(=O)N(Cc4ccccc4F)C3=O)cc2C(C)=CC1(C)C. The van der Waals surface area contributed by atoms with Crippen molar-refractivity contribution in [1.82, 2.24) is 10.2 Å². The summed E-state index contributed by atoms with van der Waals surface area (Å²) in [6.07, 6.45) is 3.47. The van der Waals surface area contributed by atoms with Crippen LogP contribution >= 0.6 is 0 Å². The second-order valence-corrected chi connectivity index (χ2v) is 8.59. The van der Waals surface area contributed by atoms with Crippen LogP contribution in [-0.4, -0.2) is 28.9 Å². The summed E-state index contributed by atoms with van der Waals surface area (Å²) in [6, 6.07) is 8.44. The van der Waals surface area contributed by atoms with E-state index in [9.17, 15) is 14.0 Å². The van der Waals surface area contributed by atoms with Gasteiger partial charge < -0.3 is 10.2 Å². The summed E-state index contributed by atoms with van der Waals surface area (Å²) in [5, 5.41) is 2.48. The molecule has 0 bridgehead atoms. The van der Waals surface area contributed by atoms with Crippen LogP contribution < -0.4 is 10.2 Å². The maximum Gasteiger partial charge on any atom is 0.329 e. The van der Waals surface area contributed by atoms with Crippen molar-refractivity contribution >= 4 is 29.3 Å². The van der Waals surface area contributed by atoms with Crippen molar-refractivity contribution < 1.29 is 18.4 Å². The van der Waals surface area contributed by atoms with Crippen LogP contribution in [-0.2, 0) is 11.3 Å². The lowest BCUT2D eigenvalue weighted by Crippen LogP contribution is -2.45. The van der Waals surface area contributed by atoms with E-state index in [1.165, 1.54) is 30.3 Å². The van der Waals surface area contributed by atoms with Crippen molar-refractivity contribution in [2.45, 2.75) is 39.8 Å². The van der Waals surface area contributed by atoms with Gasteiger partial charge in [0.1, 0.15) is 17.3 Å². The molecule has 0 atom stereocenters. The fourth-order valence-electron chi connectivity index (χ4n) is 4.47. The van der Waals surface area contributed by atoms with Gasteiger partial charge >= 0.3 is 6.03 Å². The van der Waals surface area contributed by atoms with Gasteiger partial charge in [0.2, 0.25) is 0 Å². The van der Waals surface area contributed by atoms with Gasteiger partial charge in [-0.2, -0.15) is 0 Å². The lowest BCUT2D eigenvalue weighted by atomic mass is 9.88. The van der Waals surface area contributed by atoms with Crippen molar-refractivity contribution in [2.75, 3.05) is 11.4 Å². The van der Waals surface area contributed by atoms with Gasteiger partial charge in [0, 0.05) is 28.9 Å². The number of hydrogen-bond donors (Lipinski definition) is 1. The molecule has 166 valence electrons. The van der Waals surface area contributed by atoms with E-state index >= 15 is 4.39 Å². The Morgan fingerprint density at radius 2 is 1.81 bits per heavy atom. The fraction of sp³-hybridized carbons (Fsp3) is 0.280. The normalized spacial score (nSPS) is 18.7. The van der Waals surface area contributed by atoms with E-state index in [0.717, 1.165) is 21.7 Å². The molecule has 7 heteroatoms. The molecular formula is C25H25F2N3O2. The Balaban J connectivity index is 1.68. The van der Waals surface area contributed by atoms with Gasteiger partial charge in [-0.25, -0.2) is 13.6 Å². The zero-order chi connectivity index (χ0) is 23.2. The van der Waals surface area contributed by atoms with Gasteiger partial charge in [-0.15, -0.1) is 0 Å². The van der Waals surface area contributed by atoms with Crippen LogP contribution in [0.1, 0.15) is 44.4 Å². The van der Waals surface area contributed by atoms with Crippen LogP contribution in [0, 0.1) is 11.6 Å². The number of hydrogen-bond acceptors (Lipinski definition) is 3. The second-order valence-electron chi connectivity index (χ2n) is 8.59. The number of likely N-dealkylation sites (N-methyl/N-ethyl adjacent to an activating group) is 1. The van der Waals surface area contributed by atoms with Crippen LogP contribution in [0.2, 0.25) is 0 Å². The predicted octanol–water partition coefficient (Wildman–Crippen LogP) is 5.08. The van der Waals surface area contributed by atoms with Gasteiger partial charge in [-0.05, 0) is 57.5 Å². The molecule has 32 heavy (non-hydrogen) atoms. The highest BCUT2D eigenvalue weighted by Crippen LogP contribution is 2.40. The van der Waals surface area contributed by atoms with E-state index in [1.807, 2.05) is 13.8 Å². The van der Waals surface area contributed by atoms with Crippen LogP contribution in [0.15, 0.2) is 48.2 Å². The first-order valence-corrected chi connectivity index (χ1v) is 10.5. The average molecular weight is 437 g/mol. The maximum absolute atomic E-state index is 15.1. The van der Waals surface area contributed by atoms with Crippen LogP contribution in [0.3, 0.4) is 0 Å². The molecule has 2 heterocycles. The number of amides is 3. The number of fused-ring (bicyclic) bond motifs is 1. The molecule has 2 aromatic carbocycles. The molecule has 5 nitrogen and oxygen atoms in total. The molecule has 1 saturated heterocycles. The molecule has 0 unspecified atom stereocenters. The number of allylic oxidation sites excluding steroid dienone is 1. The van der Waals surface area contributed by atoms with E-state index in [0.29, 0.717) is 6.54 Å². The number of benzene rings is 2. The molecule has 0 spiro atoms. The zero-order valence-corrected chi connectivity index (χ0v) is 18.5. The van der Waals surface area contributed by atoms with Gasteiger partial charge in [-0.1, -0.05) is 24.3 Å². The lowest BCUT2D eigenvalue weighted by molar-refractivity contribution is -0.123. The number of carbonyl (C=O) groups excluding carboxylic acids is 2. The van der Waals surface area contributed by atoms with E-state index in [4.69, 9.17) is 0 Å². The van der Waals surface area contributed by atoms with Crippen molar-refractivity contribution in [3.05, 3.63) is 76.5 Å². The molecule has 3 amide bonds. The third-order valence-electron chi connectivity index (χ3n) is 5.96. The van der Waals surface area contributed by atoms with Gasteiger partial charge in [0.05, 0.1) is 12.1 Å². The number of rotatable bonds is 4. The Bertz CT molecular complexity index is 1180. The number of urea groups is 1. The molecule has 2 aliphatic rings. The number of nitrogens with zero attached hydrogens (tertiary/aromatic N) is 2. The highest BCUT2D eigenvalue weighted by atomic mass is 19.1. The average Bonchev–Trinajstić information content (AvgIpc) is 2.98. The summed E-state index contributed by atoms with van der Waals surface area (Å²) < 4.78 is 29.0. The number of imide groups is 1. The Kier molecular flexibility index (Phi) is 5.36. The van der Waals surface area contributed by atoms with E-state index in [2.05, 4.69) is 30.1 Å². The molecule has 2 aromatic rings. The first-order valence-electron chi connectivity index (χ1n) is 10.5. The van der Waals surface area contributed by atoms with Crippen molar-refractivity contribution in [3.63, 3.8) is 0 Å². The standard InChI is InChI=1S/C25H25F2N3O2/c1-5-30-22-12-20(27)17(10-18(22)15(2)13-25(30,3)4)11-21-23(31)29(24(32)28-21)14-16-8-6-7-9-19(16)26/h6-13H,5,14H2,1-4H3,(H,28,32)/b21-11+. The molecule has 0 radical (unpaired) electrons. The first-order chi connectivity index (χ1) is 15.1. The van der Waals surface area contributed by atoms with Crippen LogP contribution in [0.4, 0.5) is 19.3 Å². The highest BCUT2D eigenvalue weighted by molar-refractivity contribution is 6.14. The van der Waals surface area contributed by atoms with E-state index < -0.39 is 23.6 Å². The molecular weight excluding hydrogens is 412 g/mol. The minimum absolute atomic E-state index is 0.0460. The minimum Gasteiger partial charge on any atom is -0.363 e. The van der Waals surface area contributed by atoms with Crippen molar-refractivity contribution in [1.29, 1.82) is 0 Å². The van der Waals surface area contributed by atoms with Gasteiger partial charge in [-0.3, -0.25) is 9.69 Å². The molecule has 0 aliphatic carbocycles. The number of anilines is 1. The quantitative estimate of drug-likeness (QED) is 0.536. The van der Waals surface area contributed by atoms with Crippen molar-refractivity contribution in [2.24, 2.45) is 0 Å². The van der Waals surface area contributed by atoms with Crippen molar-refractivity contribution in [3.8, 4) is 0 Å². The smallest absolute Gasteiger partial charge is 0.329 e. The summed E-state index contributed by atoms with van der Waals surface area (Å²) in [6.45, 7) is 8.65.